The van der Waals surface area contributed by atoms with Crippen LogP contribution in [0, 0.1) is 5.41 Å². The van der Waals surface area contributed by atoms with E-state index in [4.69, 9.17) is 4.74 Å². The second kappa shape index (κ2) is 21.0. The minimum Gasteiger partial charge on any atom is -0.480 e. The van der Waals surface area contributed by atoms with E-state index in [1.54, 1.807) is 0 Å². The number of hydrogen-bond acceptors (Lipinski definition) is 10. The Hall–Kier alpha value is -3.13. The van der Waals surface area contributed by atoms with Gasteiger partial charge in [-0.1, -0.05) is 6.92 Å². The Bertz CT molecular complexity index is 1260. The summed E-state index contributed by atoms with van der Waals surface area (Å²) >= 11 is 0. The highest BCUT2D eigenvalue weighted by atomic mass is 19.4. The lowest BCUT2D eigenvalue weighted by molar-refractivity contribution is -0.467. The first kappa shape index (κ1) is 55.9. The fourth-order valence-electron chi connectivity index (χ4n) is 5.74. The van der Waals surface area contributed by atoms with Gasteiger partial charge in [-0.3, -0.25) is 34.0 Å². The van der Waals surface area contributed by atoms with Crippen LogP contribution in [0.25, 0.3) is 0 Å². The van der Waals surface area contributed by atoms with E-state index in [1.165, 1.54) is 19.6 Å². The lowest BCUT2D eigenvalue weighted by Gasteiger charge is -2.43. The van der Waals surface area contributed by atoms with Crippen LogP contribution in [0.3, 0.4) is 0 Å². The number of nitrogens with zero attached hydrogens (tertiary/aromatic N) is 4. The standard InChI is InChI=1S/C30H40F18N4O9/c1-2-22(17-60-23(25(31,32)33,26(34,35)36)27(37,38)39,18-61-24(28(40,41)42,29(43,44)45)30(46,47)48)16-59-12-11-49-3-5-50(13-19(53)54)7-9-52(15-21(57)58)10-8-51(6-4-49)14-20(55)56/h2-18H2,1H3,(H,53,54)(H,55,56)(H,57,58). The van der Waals surface area contributed by atoms with Gasteiger partial charge in [-0.2, -0.15) is 79.0 Å². The Morgan fingerprint density at radius 2 is 0.689 bits per heavy atom. The van der Waals surface area contributed by atoms with Crippen molar-refractivity contribution in [2.24, 2.45) is 5.41 Å². The zero-order valence-corrected chi connectivity index (χ0v) is 31.4. The van der Waals surface area contributed by atoms with Gasteiger partial charge in [0.15, 0.2) is 0 Å². The average molecular weight is 943 g/mol. The number of alkyl halides is 18. The van der Waals surface area contributed by atoms with Crippen molar-refractivity contribution in [1.82, 2.24) is 19.6 Å². The summed E-state index contributed by atoms with van der Waals surface area (Å²) < 4.78 is 257. The van der Waals surface area contributed by atoms with E-state index in [0.717, 1.165) is 0 Å². The molecule has 61 heavy (non-hydrogen) atoms. The quantitative estimate of drug-likeness (QED) is 0.128. The topological polar surface area (TPSA) is 153 Å². The molecule has 0 radical (unpaired) electrons. The Kier molecular flexibility index (Phi) is 19.3. The lowest BCUT2D eigenvalue weighted by atomic mass is 9.86. The number of hydrogen-bond donors (Lipinski definition) is 3. The third-order valence-corrected chi connectivity index (χ3v) is 9.30. The van der Waals surface area contributed by atoms with Crippen LogP contribution in [-0.4, -0.2) is 206 Å². The van der Waals surface area contributed by atoms with E-state index < -0.39 is 131 Å². The molecule has 0 unspecified atom stereocenters. The summed E-state index contributed by atoms with van der Waals surface area (Å²) in [7, 11) is 0. The van der Waals surface area contributed by atoms with Gasteiger partial charge in [0.1, 0.15) is 0 Å². The molecule has 360 valence electrons. The van der Waals surface area contributed by atoms with Gasteiger partial charge in [0, 0.05) is 64.3 Å². The van der Waals surface area contributed by atoms with Crippen molar-refractivity contribution in [1.29, 1.82) is 0 Å². The molecule has 1 aliphatic rings. The minimum absolute atomic E-state index is 0.0660. The predicted octanol–water partition coefficient (Wildman–Crippen LogP) is 4.76. The third-order valence-electron chi connectivity index (χ3n) is 9.30. The number of halogens is 18. The first-order valence-corrected chi connectivity index (χ1v) is 17.2. The number of ether oxygens (including phenoxy) is 3. The van der Waals surface area contributed by atoms with Crippen LogP contribution in [0.5, 0.6) is 0 Å². The Labute approximate surface area is 333 Å². The monoisotopic (exact) mass is 942 g/mol. The molecule has 0 bridgehead atoms. The summed E-state index contributed by atoms with van der Waals surface area (Å²) in [6, 6.07) is 0. The van der Waals surface area contributed by atoms with E-state index in [9.17, 15) is 109 Å². The van der Waals surface area contributed by atoms with Crippen molar-refractivity contribution >= 4 is 17.9 Å². The van der Waals surface area contributed by atoms with Gasteiger partial charge < -0.3 is 29.5 Å². The van der Waals surface area contributed by atoms with Gasteiger partial charge in [-0.15, -0.1) is 0 Å². The fraction of sp³-hybridized carbons (Fsp3) is 0.900. The summed E-state index contributed by atoms with van der Waals surface area (Å²) in [5.41, 5.74) is -17.9. The van der Waals surface area contributed by atoms with Gasteiger partial charge >= 0.3 is 66.2 Å². The molecule has 13 nitrogen and oxygen atoms in total. The Morgan fingerprint density at radius 3 is 0.902 bits per heavy atom. The summed E-state index contributed by atoms with van der Waals surface area (Å²) in [6.45, 7) is -11.3. The molecule has 3 N–H and O–H groups in total. The lowest BCUT2D eigenvalue weighted by Crippen LogP contribution is -2.69. The SMILES string of the molecule is CCC(COCCN1CCN(CC(=O)O)CCN(CC(=O)O)CCN(CC(=O)O)CC1)(COC(C(F)(F)F)(C(F)(F)F)C(F)(F)F)COC(C(F)(F)F)(C(F)(F)F)C(F)(F)F. The maximum absolute atomic E-state index is 13.7. The molecular weight excluding hydrogens is 902 g/mol. The van der Waals surface area contributed by atoms with Crippen LogP contribution < -0.4 is 0 Å². The first-order chi connectivity index (χ1) is 27.4. The van der Waals surface area contributed by atoms with Crippen LogP contribution in [-0.2, 0) is 28.6 Å². The fourth-order valence-corrected chi connectivity index (χ4v) is 5.74. The molecule has 0 spiro atoms. The maximum atomic E-state index is 13.7. The number of carboxylic acids is 3. The van der Waals surface area contributed by atoms with Crippen molar-refractivity contribution in [3.63, 3.8) is 0 Å². The molecule has 0 atom stereocenters. The van der Waals surface area contributed by atoms with E-state index in [0.29, 0.717) is 6.92 Å². The van der Waals surface area contributed by atoms with E-state index >= 15 is 0 Å². The van der Waals surface area contributed by atoms with Crippen LogP contribution in [0.15, 0.2) is 0 Å². The molecule has 1 saturated heterocycles. The number of carboxylic acid groups (broad SMARTS) is 3. The molecule has 1 fully saturated rings. The molecule has 0 aromatic rings. The normalized spacial score (nSPS) is 18.1. The molecule has 1 rings (SSSR count). The van der Waals surface area contributed by atoms with Crippen molar-refractivity contribution in [3.05, 3.63) is 0 Å². The molecule has 1 heterocycles. The molecule has 1 aliphatic heterocycles. The number of aliphatic carboxylic acids is 3. The Balaban J connectivity index is 3.65. The van der Waals surface area contributed by atoms with E-state index in [-0.39, 0.29) is 52.4 Å². The van der Waals surface area contributed by atoms with Crippen molar-refractivity contribution in [3.8, 4) is 0 Å². The van der Waals surface area contributed by atoms with E-state index in [2.05, 4.69) is 9.47 Å². The van der Waals surface area contributed by atoms with Crippen LogP contribution in [0.2, 0.25) is 0 Å². The highest BCUT2D eigenvalue weighted by molar-refractivity contribution is 5.69. The number of carbonyl (C=O) groups is 3. The molecule has 0 aliphatic carbocycles. The van der Waals surface area contributed by atoms with Gasteiger partial charge in [0.2, 0.25) is 0 Å². The van der Waals surface area contributed by atoms with Gasteiger partial charge in [0.05, 0.1) is 46.1 Å². The molecular formula is C30H40F18N4O9. The summed E-state index contributed by atoms with van der Waals surface area (Å²) in [6.07, 6.45) is -46.5. The molecule has 0 saturated carbocycles. The van der Waals surface area contributed by atoms with Crippen LogP contribution >= 0.6 is 0 Å². The highest BCUT2D eigenvalue weighted by Crippen LogP contribution is 2.57. The van der Waals surface area contributed by atoms with Crippen LogP contribution in [0.4, 0.5) is 79.0 Å². The zero-order chi connectivity index (χ0) is 47.7. The van der Waals surface area contributed by atoms with Crippen LogP contribution in [0.1, 0.15) is 13.3 Å². The first-order valence-electron chi connectivity index (χ1n) is 17.2. The number of rotatable bonds is 18. The third kappa shape index (κ3) is 14.7. The van der Waals surface area contributed by atoms with Gasteiger partial charge in [-0.25, -0.2) is 0 Å². The molecule has 31 heteroatoms. The maximum Gasteiger partial charge on any atom is 0.435 e. The smallest absolute Gasteiger partial charge is 0.435 e. The Morgan fingerprint density at radius 1 is 0.443 bits per heavy atom. The van der Waals surface area contributed by atoms with Crippen molar-refractivity contribution < 1.29 is 123 Å². The predicted molar refractivity (Wildman–Crippen MR) is 166 cm³/mol. The molecule has 0 aromatic carbocycles. The largest absolute Gasteiger partial charge is 0.480 e. The van der Waals surface area contributed by atoms with E-state index in [1.807, 2.05) is 0 Å². The van der Waals surface area contributed by atoms with Gasteiger partial charge in [-0.05, 0) is 6.42 Å². The molecule has 0 amide bonds. The second-order valence-corrected chi connectivity index (χ2v) is 13.7. The zero-order valence-electron chi connectivity index (χ0n) is 31.4. The second-order valence-electron chi connectivity index (χ2n) is 13.7. The molecule has 0 aromatic heterocycles. The average Bonchev–Trinajstić information content (AvgIpc) is 3.03. The van der Waals surface area contributed by atoms with Crippen molar-refractivity contribution in [2.75, 3.05) is 105 Å². The van der Waals surface area contributed by atoms with Crippen molar-refractivity contribution in [2.45, 2.75) is 61.6 Å². The summed E-state index contributed by atoms with van der Waals surface area (Å²) in [5, 5.41) is 27.9. The summed E-state index contributed by atoms with van der Waals surface area (Å²) in [5.74, 6) is -4.01. The summed E-state index contributed by atoms with van der Waals surface area (Å²) in [4.78, 5) is 39.6. The van der Waals surface area contributed by atoms with Gasteiger partial charge in [0.25, 0.3) is 0 Å². The highest BCUT2D eigenvalue weighted by Gasteiger charge is 2.87. The minimum atomic E-state index is -7.50.